The van der Waals surface area contributed by atoms with Crippen LogP contribution in [0.15, 0.2) is 59.5 Å². The van der Waals surface area contributed by atoms with Crippen molar-refractivity contribution in [2.45, 2.75) is 95.0 Å². The average Bonchev–Trinajstić information content (AvgIpc) is 3.75. The molecule has 3 aliphatic heterocycles. The second-order valence-electron chi connectivity index (χ2n) is 13.3. The Morgan fingerprint density at radius 1 is 1.24 bits per heavy atom. The number of nitrogens with zero attached hydrogens (tertiary/aromatic N) is 1. The van der Waals surface area contributed by atoms with Gasteiger partial charge in [0, 0.05) is 26.5 Å². The van der Waals surface area contributed by atoms with Crippen molar-refractivity contribution >= 4 is 29.3 Å². The second kappa shape index (κ2) is 14.8. The number of amides is 2. The lowest BCUT2D eigenvalue weighted by Crippen LogP contribution is -2.65. The molecule has 4 aliphatic rings. The van der Waals surface area contributed by atoms with E-state index in [9.17, 15) is 19.8 Å². The van der Waals surface area contributed by atoms with E-state index in [2.05, 4.69) is 10.6 Å². The quantitative estimate of drug-likeness (QED) is 0.290. The number of hydrogen-bond acceptors (Lipinski definition) is 11. The number of aliphatic hydroxyl groups excluding tert-OH is 1. The Bertz CT molecular complexity index is 1560. The predicted molar refractivity (Wildman–Crippen MR) is 182 cm³/mol. The standard InChI is InChI=1S/C35H47ClN4O9/c1-19-10-9-13-27(46-6)35(44)18-26(47-33(43)39-35)20(2)31-34(3,49-31)28(48-32(42)38-23-12-8-7-11-22(23)37)17-29(41)40(4)24-15-21(14-19)16-25(45-5)30(24)36/h9-13,15-16,20,26-28,31,33,39,43-44H,7-8,14,17-18,37H2,1-6H3,(H,38,42)/b13-9+,19-10+/t20-,26+,27-,28+,31+,33?,34+,35+/m1/s1. The molecule has 1 aliphatic carbocycles. The third-order valence-electron chi connectivity index (χ3n) is 9.73. The summed E-state index contributed by atoms with van der Waals surface area (Å²) in [5.74, 6) is -0.431. The molecule has 8 atom stereocenters. The fourth-order valence-electron chi connectivity index (χ4n) is 6.80. The monoisotopic (exact) mass is 702 g/mol. The maximum Gasteiger partial charge on any atom is 0.412 e. The zero-order chi connectivity index (χ0) is 35.7. The lowest BCUT2D eigenvalue weighted by atomic mass is 9.83. The van der Waals surface area contributed by atoms with Crippen LogP contribution in [0.3, 0.4) is 0 Å². The second-order valence-corrected chi connectivity index (χ2v) is 13.7. The number of nitrogens with one attached hydrogen (secondary N) is 2. The number of allylic oxidation sites excluding steroid dienone is 5. The van der Waals surface area contributed by atoms with E-state index in [4.69, 9.17) is 41.0 Å². The zero-order valence-electron chi connectivity index (χ0n) is 28.7. The van der Waals surface area contributed by atoms with Crippen LogP contribution in [0.5, 0.6) is 5.75 Å². The van der Waals surface area contributed by atoms with Crippen LogP contribution >= 0.6 is 11.6 Å². The van der Waals surface area contributed by atoms with Crippen molar-refractivity contribution in [2.24, 2.45) is 11.7 Å². The van der Waals surface area contributed by atoms with Gasteiger partial charge >= 0.3 is 6.09 Å². The molecule has 2 saturated heterocycles. The first-order valence-corrected chi connectivity index (χ1v) is 16.7. The van der Waals surface area contributed by atoms with E-state index < -0.39 is 60.1 Å². The van der Waals surface area contributed by atoms with Gasteiger partial charge in [-0.15, -0.1) is 0 Å². The Hall–Kier alpha value is -3.43. The van der Waals surface area contributed by atoms with E-state index in [1.165, 1.54) is 19.1 Å². The summed E-state index contributed by atoms with van der Waals surface area (Å²) >= 11 is 6.74. The van der Waals surface area contributed by atoms with E-state index in [-0.39, 0.29) is 17.9 Å². The summed E-state index contributed by atoms with van der Waals surface area (Å²) in [7, 11) is 4.57. The van der Waals surface area contributed by atoms with E-state index >= 15 is 0 Å². The number of hydrogen-bond donors (Lipinski definition) is 5. The molecule has 49 heavy (non-hydrogen) atoms. The molecule has 13 nitrogen and oxygen atoms in total. The minimum Gasteiger partial charge on any atom is -0.495 e. The largest absolute Gasteiger partial charge is 0.495 e. The summed E-state index contributed by atoms with van der Waals surface area (Å²) in [4.78, 5) is 28.7. The minimum atomic E-state index is -1.70. The van der Waals surface area contributed by atoms with Crippen LogP contribution in [-0.4, -0.2) is 85.6 Å². The highest BCUT2D eigenvalue weighted by molar-refractivity contribution is 6.35. The summed E-state index contributed by atoms with van der Waals surface area (Å²) in [6.07, 6.45) is 5.20. The minimum absolute atomic E-state index is 0.0320. The van der Waals surface area contributed by atoms with E-state index in [1.807, 2.05) is 44.2 Å². The Kier molecular flexibility index (Phi) is 11.1. The summed E-state index contributed by atoms with van der Waals surface area (Å²) < 4.78 is 29.3. The topological polar surface area (TPSA) is 177 Å². The van der Waals surface area contributed by atoms with Gasteiger partial charge in [0.2, 0.25) is 12.3 Å². The summed E-state index contributed by atoms with van der Waals surface area (Å²) in [6, 6.07) is 3.63. The van der Waals surface area contributed by atoms with Crippen molar-refractivity contribution in [1.82, 2.24) is 10.6 Å². The fourth-order valence-corrected chi connectivity index (χ4v) is 7.12. The normalized spacial score (nSPS) is 35.6. The van der Waals surface area contributed by atoms with Gasteiger partial charge in [0.1, 0.15) is 28.6 Å². The summed E-state index contributed by atoms with van der Waals surface area (Å²) in [5, 5.41) is 28.1. The smallest absolute Gasteiger partial charge is 0.412 e. The zero-order valence-corrected chi connectivity index (χ0v) is 29.5. The molecule has 0 spiro atoms. The van der Waals surface area contributed by atoms with Gasteiger partial charge in [-0.05, 0) is 50.8 Å². The van der Waals surface area contributed by atoms with Gasteiger partial charge in [-0.3, -0.25) is 10.1 Å². The van der Waals surface area contributed by atoms with E-state index in [1.54, 1.807) is 26.1 Å². The number of rotatable bonds is 4. The van der Waals surface area contributed by atoms with Crippen LogP contribution in [0.1, 0.15) is 52.0 Å². The van der Waals surface area contributed by atoms with Crippen LogP contribution in [0, 0.1) is 5.92 Å². The van der Waals surface area contributed by atoms with Crippen molar-refractivity contribution in [1.29, 1.82) is 0 Å². The fraction of sp³-hybridized carbons (Fsp3) is 0.543. The molecule has 268 valence electrons. The maximum atomic E-state index is 14.0. The first kappa shape index (κ1) is 36.8. The number of ether oxygens (including phenoxy) is 5. The summed E-state index contributed by atoms with van der Waals surface area (Å²) in [6.45, 7) is 5.55. The van der Waals surface area contributed by atoms with Crippen molar-refractivity contribution in [2.75, 3.05) is 26.2 Å². The number of carbonyl (C=O) groups is 2. The molecular weight excluding hydrogens is 656 g/mol. The molecule has 2 amide bonds. The molecule has 0 saturated carbocycles. The molecule has 14 heteroatoms. The molecule has 1 unspecified atom stereocenters. The number of benzene rings is 1. The molecule has 1 aromatic carbocycles. The number of halogens is 1. The number of fused-ring (bicyclic) bond motifs is 5. The van der Waals surface area contributed by atoms with Crippen LogP contribution in [-0.2, 0) is 30.2 Å². The average molecular weight is 703 g/mol. The van der Waals surface area contributed by atoms with Gasteiger partial charge in [-0.2, -0.15) is 0 Å². The highest BCUT2D eigenvalue weighted by Crippen LogP contribution is 2.49. The number of anilines is 1. The third kappa shape index (κ3) is 7.99. The van der Waals surface area contributed by atoms with Gasteiger partial charge in [0.25, 0.3) is 0 Å². The molecule has 5 rings (SSSR count). The van der Waals surface area contributed by atoms with E-state index in [0.717, 1.165) is 17.6 Å². The predicted octanol–water partition coefficient (Wildman–Crippen LogP) is 3.53. The van der Waals surface area contributed by atoms with Crippen molar-refractivity contribution < 1.29 is 43.5 Å². The van der Waals surface area contributed by atoms with Gasteiger partial charge < -0.3 is 44.5 Å². The number of epoxide rings is 1. The SMILES string of the molecule is COc1cc2cc(c1Cl)N(C)C(=O)C[C@H](OC(=O)NC1=CCCC=C1N)[C@]1(C)O[C@H]1[C@H](C)[C@@H]1C[C@@](O)(NC(O)O1)[C@H](OC)/C=C/C=C(\C)C2. The van der Waals surface area contributed by atoms with Gasteiger partial charge in [0.05, 0.1) is 42.8 Å². The van der Waals surface area contributed by atoms with Crippen LogP contribution in [0.2, 0.25) is 5.02 Å². The molecule has 3 heterocycles. The van der Waals surface area contributed by atoms with Crippen molar-refractivity contribution in [3.63, 3.8) is 0 Å². The Morgan fingerprint density at radius 2 is 1.98 bits per heavy atom. The highest BCUT2D eigenvalue weighted by atomic mass is 35.5. The molecule has 6 N–H and O–H groups in total. The third-order valence-corrected chi connectivity index (χ3v) is 10.1. The van der Waals surface area contributed by atoms with Gasteiger partial charge in [-0.1, -0.05) is 54.5 Å². The van der Waals surface area contributed by atoms with Gasteiger partial charge in [0.15, 0.2) is 5.72 Å². The molecule has 2 fully saturated rings. The number of alkyl carbamates (subject to hydrolysis) is 1. The molecule has 0 aromatic heterocycles. The maximum absolute atomic E-state index is 14.0. The Morgan fingerprint density at radius 3 is 2.67 bits per heavy atom. The molecular formula is C35H47ClN4O9. The van der Waals surface area contributed by atoms with E-state index in [0.29, 0.717) is 35.7 Å². The Labute approximate surface area is 291 Å². The van der Waals surface area contributed by atoms with Crippen molar-refractivity contribution in [3.05, 3.63) is 70.1 Å². The van der Waals surface area contributed by atoms with Crippen LogP contribution in [0.25, 0.3) is 0 Å². The molecule has 0 radical (unpaired) electrons. The summed E-state index contributed by atoms with van der Waals surface area (Å²) in [5.41, 5.74) is 6.31. The lowest BCUT2D eigenvalue weighted by Gasteiger charge is -2.44. The number of methoxy groups -OCH3 is 2. The van der Waals surface area contributed by atoms with Crippen LogP contribution in [0.4, 0.5) is 10.5 Å². The van der Waals surface area contributed by atoms with Gasteiger partial charge in [-0.25, -0.2) is 10.1 Å². The number of nitrogens with two attached hydrogens (primary N) is 1. The highest BCUT2D eigenvalue weighted by Gasteiger charge is 2.64. The van der Waals surface area contributed by atoms with Crippen LogP contribution < -0.4 is 26.0 Å². The number of carbonyl (C=O) groups excluding carboxylic acids is 2. The molecule has 4 bridgehead atoms. The van der Waals surface area contributed by atoms with Crippen molar-refractivity contribution in [3.8, 4) is 5.75 Å². The first-order chi connectivity index (χ1) is 23.2. The Balaban J connectivity index is 1.53. The molecule has 1 aromatic rings. The number of aliphatic hydroxyl groups is 2. The first-order valence-electron chi connectivity index (χ1n) is 16.3. The lowest BCUT2D eigenvalue weighted by molar-refractivity contribution is -0.270.